The first kappa shape index (κ1) is 10.6. The molecule has 0 heterocycles. The zero-order valence-corrected chi connectivity index (χ0v) is 8.71. The van der Waals surface area contributed by atoms with Crippen molar-refractivity contribution in [3.63, 3.8) is 0 Å². The van der Waals surface area contributed by atoms with E-state index in [2.05, 4.69) is 0 Å². The van der Waals surface area contributed by atoms with Crippen LogP contribution in [0.4, 0.5) is 0 Å². The van der Waals surface area contributed by atoms with Gasteiger partial charge in [-0.15, -0.1) is 0 Å². The molecule has 0 saturated heterocycles. The molecule has 2 nitrogen and oxygen atoms in total. The number of hydrogen-bond donors (Lipinski definition) is 0. The van der Waals surface area contributed by atoms with E-state index >= 15 is 0 Å². The summed E-state index contributed by atoms with van der Waals surface area (Å²) in [6.45, 7) is 3.96. The minimum Gasteiger partial charge on any atom is -0.462 e. The zero-order chi connectivity index (χ0) is 9.68. The molecule has 0 N–H and O–H groups in total. The molecular weight excluding hydrogens is 164 g/mol. The van der Waals surface area contributed by atoms with Crippen LogP contribution < -0.4 is 0 Å². The standard InChI is InChI=1S/C11H20O2/c1-3-9(2)11(12)13-10-7-5-4-6-8-10/h9-10H,3-8H2,1-2H3. The third-order valence-electron chi connectivity index (χ3n) is 2.85. The molecule has 1 aliphatic carbocycles. The molecule has 0 aromatic rings. The lowest BCUT2D eigenvalue weighted by Crippen LogP contribution is -2.24. The van der Waals surface area contributed by atoms with Crippen LogP contribution in [0.5, 0.6) is 0 Å². The quantitative estimate of drug-likeness (QED) is 0.630. The second-order valence-corrected chi connectivity index (χ2v) is 4.01. The summed E-state index contributed by atoms with van der Waals surface area (Å²) in [6.07, 6.45) is 6.99. The Labute approximate surface area is 80.7 Å². The molecule has 13 heavy (non-hydrogen) atoms. The summed E-state index contributed by atoms with van der Waals surface area (Å²) in [5, 5.41) is 0. The van der Waals surface area contributed by atoms with Gasteiger partial charge in [-0.3, -0.25) is 4.79 Å². The van der Waals surface area contributed by atoms with E-state index in [4.69, 9.17) is 4.74 Å². The van der Waals surface area contributed by atoms with Gasteiger partial charge >= 0.3 is 5.97 Å². The summed E-state index contributed by atoms with van der Waals surface area (Å²) in [4.78, 5) is 11.4. The Kier molecular flexibility index (Phi) is 4.26. The van der Waals surface area contributed by atoms with E-state index in [-0.39, 0.29) is 18.0 Å². The molecule has 0 amide bonds. The van der Waals surface area contributed by atoms with E-state index in [0.717, 1.165) is 19.3 Å². The van der Waals surface area contributed by atoms with Gasteiger partial charge in [0, 0.05) is 0 Å². The SMILES string of the molecule is CCC(C)C(=O)OC1CCCCC1. The molecular formula is C11H20O2. The lowest BCUT2D eigenvalue weighted by Gasteiger charge is -2.23. The fourth-order valence-electron chi connectivity index (χ4n) is 1.63. The first-order chi connectivity index (χ1) is 6.24. The van der Waals surface area contributed by atoms with Crippen molar-refractivity contribution in [2.45, 2.75) is 58.5 Å². The lowest BCUT2D eigenvalue weighted by molar-refractivity contribution is -0.155. The molecule has 0 aromatic carbocycles. The Morgan fingerprint density at radius 2 is 2.00 bits per heavy atom. The minimum atomic E-state index is -0.00519. The molecule has 0 spiro atoms. The first-order valence-electron chi connectivity index (χ1n) is 5.44. The average Bonchev–Trinajstić information content (AvgIpc) is 2.18. The Balaban J connectivity index is 2.26. The molecule has 1 saturated carbocycles. The molecule has 1 aliphatic rings. The van der Waals surface area contributed by atoms with Crippen molar-refractivity contribution in [3.05, 3.63) is 0 Å². The molecule has 1 unspecified atom stereocenters. The number of esters is 1. The summed E-state index contributed by atoms with van der Waals surface area (Å²) < 4.78 is 5.41. The van der Waals surface area contributed by atoms with E-state index in [1.807, 2.05) is 13.8 Å². The fraction of sp³-hybridized carbons (Fsp3) is 0.909. The Bertz CT molecular complexity index is 159. The van der Waals surface area contributed by atoms with Crippen molar-refractivity contribution in [1.29, 1.82) is 0 Å². The van der Waals surface area contributed by atoms with Crippen LogP contribution in [0.15, 0.2) is 0 Å². The fourth-order valence-corrected chi connectivity index (χ4v) is 1.63. The number of carbonyl (C=O) groups excluding carboxylic acids is 1. The van der Waals surface area contributed by atoms with Crippen LogP contribution in [0, 0.1) is 5.92 Å². The van der Waals surface area contributed by atoms with Crippen molar-refractivity contribution in [1.82, 2.24) is 0 Å². The van der Waals surface area contributed by atoms with E-state index in [1.165, 1.54) is 19.3 Å². The van der Waals surface area contributed by atoms with Gasteiger partial charge < -0.3 is 4.74 Å². The summed E-state index contributed by atoms with van der Waals surface area (Å²) in [6, 6.07) is 0. The van der Waals surface area contributed by atoms with E-state index in [1.54, 1.807) is 0 Å². The molecule has 2 heteroatoms. The predicted octanol–water partition coefficient (Wildman–Crippen LogP) is 2.91. The van der Waals surface area contributed by atoms with E-state index in [0.29, 0.717) is 0 Å². The van der Waals surface area contributed by atoms with Crippen LogP contribution in [0.25, 0.3) is 0 Å². The largest absolute Gasteiger partial charge is 0.462 e. The molecule has 0 bridgehead atoms. The molecule has 0 aliphatic heterocycles. The molecule has 1 atom stereocenters. The number of carbonyl (C=O) groups is 1. The highest BCUT2D eigenvalue weighted by Gasteiger charge is 2.20. The second-order valence-electron chi connectivity index (χ2n) is 4.01. The van der Waals surface area contributed by atoms with Gasteiger partial charge in [0.15, 0.2) is 0 Å². The third-order valence-corrected chi connectivity index (χ3v) is 2.85. The van der Waals surface area contributed by atoms with Crippen molar-refractivity contribution in [2.75, 3.05) is 0 Å². The van der Waals surface area contributed by atoms with Crippen molar-refractivity contribution < 1.29 is 9.53 Å². The van der Waals surface area contributed by atoms with Crippen LogP contribution in [-0.2, 0) is 9.53 Å². The Morgan fingerprint density at radius 1 is 1.38 bits per heavy atom. The molecule has 0 aromatic heterocycles. The Morgan fingerprint density at radius 3 is 2.54 bits per heavy atom. The number of ether oxygens (including phenoxy) is 1. The van der Waals surface area contributed by atoms with Gasteiger partial charge in [0.1, 0.15) is 6.10 Å². The minimum absolute atomic E-state index is 0.00519. The smallest absolute Gasteiger partial charge is 0.308 e. The maximum Gasteiger partial charge on any atom is 0.308 e. The summed E-state index contributed by atoms with van der Waals surface area (Å²) >= 11 is 0. The van der Waals surface area contributed by atoms with Crippen LogP contribution in [0.1, 0.15) is 52.4 Å². The topological polar surface area (TPSA) is 26.3 Å². The van der Waals surface area contributed by atoms with E-state index < -0.39 is 0 Å². The molecule has 1 fully saturated rings. The molecule has 0 radical (unpaired) electrons. The summed E-state index contributed by atoms with van der Waals surface area (Å²) in [5.74, 6) is 0.0660. The van der Waals surface area contributed by atoms with Crippen LogP contribution in [-0.4, -0.2) is 12.1 Å². The van der Waals surface area contributed by atoms with Crippen LogP contribution >= 0.6 is 0 Å². The lowest BCUT2D eigenvalue weighted by atomic mass is 9.97. The van der Waals surface area contributed by atoms with Crippen LogP contribution in [0.3, 0.4) is 0 Å². The maximum atomic E-state index is 11.4. The van der Waals surface area contributed by atoms with Crippen molar-refractivity contribution in [2.24, 2.45) is 5.92 Å². The maximum absolute atomic E-state index is 11.4. The van der Waals surface area contributed by atoms with Crippen LogP contribution in [0.2, 0.25) is 0 Å². The predicted molar refractivity (Wildman–Crippen MR) is 52.4 cm³/mol. The van der Waals surface area contributed by atoms with Crippen molar-refractivity contribution >= 4 is 5.97 Å². The average molecular weight is 184 g/mol. The Hall–Kier alpha value is -0.530. The highest BCUT2D eigenvalue weighted by atomic mass is 16.5. The van der Waals surface area contributed by atoms with Gasteiger partial charge in [0.2, 0.25) is 0 Å². The highest BCUT2D eigenvalue weighted by Crippen LogP contribution is 2.21. The highest BCUT2D eigenvalue weighted by molar-refractivity contribution is 5.72. The van der Waals surface area contributed by atoms with Gasteiger partial charge in [-0.05, 0) is 32.1 Å². The monoisotopic (exact) mass is 184 g/mol. The zero-order valence-electron chi connectivity index (χ0n) is 8.71. The first-order valence-corrected chi connectivity index (χ1v) is 5.44. The summed E-state index contributed by atoms with van der Waals surface area (Å²) in [7, 11) is 0. The number of hydrogen-bond acceptors (Lipinski definition) is 2. The van der Waals surface area contributed by atoms with Gasteiger partial charge in [0.25, 0.3) is 0 Å². The van der Waals surface area contributed by atoms with Crippen molar-refractivity contribution in [3.8, 4) is 0 Å². The van der Waals surface area contributed by atoms with Gasteiger partial charge in [0.05, 0.1) is 5.92 Å². The van der Waals surface area contributed by atoms with Gasteiger partial charge in [-0.1, -0.05) is 20.3 Å². The summed E-state index contributed by atoms with van der Waals surface area (Å²) in [5.41, 5.74) is 0. The molecule has 76 valence electrons. The molecule has 1 rings (SSSR count). The number of rotatable bonds is 3. The van der Waals surface area contributed by atoms with Gasteiger partial charge in [-0.25, -0.2) is 0 Å². The normalized spacial score (nSPS) is 21.1. The third kappa shape index (κ3) is 3.37. The van der Waals surface area contributed by atoms with Gasteiger partial charge in [-0.2, -0.15) is 0 Å². The van der Waals surface area contributed by atoms with E-state index in [9.17, 15) is 4.79 Å². The second kappa shape index (κ2) is 5.25.